The van der Waals surface area contributed by atoms with E-state index in [0.29, 0.717) is 43.2 Å². The Kier molecular flexibility index (Phi) is 4.00. The number of nitrogens with zero attached hydrogens (tertiary/aromatic N) is 2. The number of likely N-dealkylation sites (tertiary alicyclic amines) is 1. The molecule has 0 atom stereocenters. The van der Waals surface area contributed by atoms with E-state index in [1.54, 1.807) is 17.9 Å². The number of rotatable bonds is 3. The van der Waals surface area contributed by atoms with Crippen LogP contribution in [0.5, 0.6) is 0 Å². The van der Waals surface area contributed by atoms with Gasteiger partial charge in [-0.3, -0.25) is 14.6 Å². The van der Waals surface area contributed by atoms with Gasteiger partial charge in [-0.25, -0.2) is 0 Å². The van der Waals surface area contributed by atoms with Gasteiger partial charge in [0, 0.05) is 19.5 Å². The second kappa shape index (κ2) is 5.83. The lowest BCUT2D eigenvalue weighted by Crippen LogP contribution is -2.50. The molecule has 2 aliphatic rings. The first-order chi connectivity index (χ1) is 10.9. The van der Waals surface area contributed by atoms with Crippen molar-refractivity contribution in [2.75, 3.05) is 13.1 Å². The van der Waals surface area contributed by atoms with Crippen LogP contribution >= 0.6 is 0 Å². The van der Waals surface area contributed by atoms with Crippen LogP contribution in [0.1, 0.15) is 49.2 Å². The number of carbonyl (C=O) groups is 2. The molecular formula is C17H23N3O3. The van der Waals surface area contributed by atoms with E-state index in [1.165, 1.54) is 6.26 Å². The Morgan fingerprint density at radius 1 is 1.43 bits per heavy atom. The molecule has 6 heteroatoms. The molecule has 124 valence electrons. The van der Waals surface area contributed by atoms with Gasteiger partial charge in [0.05, 0.1) is 11.8 Å². The topological polar surface area (TPSA) is 74.9 Å². The minimum Gasteiger partial charge on any atom is -0.469 e. The molecule has 2 amide bonds. The van der Waals surface area contributed by atoms with Gasteiger partial charge in [-0.1, -0.05) is 13.8 Å². The summed E-state index contributed by atoms with van der Waals surface area (Å²) in [7, 11) is 0. The molecule has 0 aliphatic carbocycles. The number of furan rings is 1. The summed E-state index contributed by atoms with van der Waals surface area (Å²) in [6.07, 6.45) is 3.46. The predicted octanol–water partition coefficient (Wildman–Crippen LogP) is 2.14. The maximum atomic E-state index is 12.5. The molecule has 3 heterocycles. The van der Waals surface area contributed by atoms with Crippen LogP contribution in [-0.2, 0) is 4.79 Å². The van der Waals surface area contributed by atoms with Crippen molar-refractivity contribution in [1.82, 2.24) is 10.2 Å². The smallest absolute Gasteiger partial charge is 0.257 e. The highest BCUT2D eigenvalue weighted by Gasteiger charge is 2.46. The molecular weight excluding hydrogens is 294 g/mol. The minimum absolute atomic E-state index is 0.0141. The fourth-order valence-corrected chi connectivity index (χ4v) is 3.26. The molecule has 1 aromatic heterocycles. The van der Waals surface area contributed by atoms with Crippen LogP contribution in [0.25, 0.3) is 0 Å². The quantitative estimate of drug-likeness (QED) is 0.928. The zero-order valence-corrected chi connectivity index (χ0v) is 13.9. The van der Waals surface area contributed by atoms with Crippen molar-refractivity contribution >= 4 is 17.6 Å². The number of carbonyl (C=O) groups excluding carboxylic acids is 2. The van der Waals surface area contributed by atoms with Crippen LogP contribution in [-0.4, -0.2) is 41.2 Å². The van der Waals surface area contributed by atoms with E-state index in [2.05, 4.69) is 24.2 Å². The first-order valence-electron chi connectivity index (χ1n) is 8.15. The Hall–Kier alpha value is -2.11. The number of piperidine rings is 1. The van der Waals surface area contributed by atoms with Gasteiger partial charge in [0.1, 0.15) is 17.1 Å². The molecule has 6 nitrogen and oxygen atoms in total. The van der Waals surface area contributed by atoms with Gasteiger partial charge < -0.3 is 14.6 Å². The second-order valence-corrected chi connectivity index (χ2v) is 6.82. The van der Waals surface area contributed by atoms with Crippen molar-refractivity contribution in [3.63, 3.8) is 0 Å². The lowest BCUT2D eigenvalue weighted by molar-refractivity contribution is -0.125. The number of amides is 2. The highest BCUT2D eigenvalue weighted by atomic mass is 16.3. The van der Waals surface area contributed by atoms with E-state index >= 15 is 0 Å². The Labute approximate surface area is 135 Å². The van der Waals surface area contributed by atoms with Crippen molar-refractivity contribution < 1.29 is 14.0 Å². The first kappa shape index (κ1) is 15.8. The van der Waals surface area contributed by atoms with Crippen molar-refractivity contribution in [2.24, 2.45) is 10.9 Å². The summed E-state index contributed by atoms with van der Waals surface area (Å²) in [5.41, 5.74) is -0.0762. The molecule has 3 rings (SSSR count). The number of aryl methyl sites for hydroxylation is 1. The molecule has 1 saturated heterocycles. The third kappa shape index (κ3) is 2.90. The number of nitrogens with one attached hydrogen (secondary N) is 1. The molecule has 2 aliphatic heterocycles. The number of hydrogen-bond donors (Lipinski definition) is 1. The number of hydrogen-bond acceptors (Lipinski definition) is 4. The van der Waals surface area contributed by atoms with Crippen molar-refractivity contribution in [3.8, 4) is 0 Å². The molecule has 0 aromatic carbocycles. The average Bonchev–Trinajstić information content (AvgIpc) is 3.03. The highest BCUT2D eigenvalue weighted by Crippen LogP contribution is 2.31. The SMILES string of the molecule is Cc1occc1C(=O)N1CCC2(CC1)N=C(CC(C)C)NC2=O. The minimum atomic E-state index is -0.674. The lowest BCUT2D eigenvalue weighted by atomic mass is 9.88. The Morgan fingerprint density at radius 2 is 2.13 bits per heavy atom. The van der Waals surface area contributed by atoms with Gasteiger partial charge in [-0.15, -0.1) is 0 Å². The van der Waals surface area contributed by atoms with E-state index in [-0.39, 0.29) is 11.8 Å². The van der Waals surface area contributed by atoms with Crippen molar-refractivity contribution in [3.05, 3.63) is 23.7 Å². The van der Waals surface area contributed by atoms with Crippen molar-refractivity contribution in [2.45, 2.75) is 45.6 Å². The summed E-state index contributed by atoms with van der Waals surface area (Å²) < 4.78 is 5.20. The summed E-state index contributed by atoms with van der Waals surface area (Å²) in [6.45, 7) is 7.07. The number of aliphatic imine (C=N–C) groups is 1. The Balaban J connectivity index is 1.68. The summed E-state index contributed by atoms with van der Waals surface area (Å²) >= 11 is 0. The normalized spacial score (nSPS) is 20.1. The summed E-state index contributed by atoms with van der Waals surface area (Å²) in [5, 5.41) is 2.92. The van der Waals surface area contributed by atoms with Crippen molar-refractivity contribution in [1.29, 1.82) is 0 Å². The maximum Gasteiger partial charge on any atom is 0.257 e. The largest absolute Gasteiger partial charge is 0.469 e. The summed E-state index contributed by atoms with van der Waals surface area (Å²) in [4.78, 5) is 31.3. The van der Waals surface area contributed by atoms with Gasteiger partial charge in [0.15, 0.2) is 0 Å². The fraction of sp³-hybridized carbons (Fsp3) is 0.588. The van der Waals surface area contributed by atoms with Crippen LogP contribution in [0.4, 0.5) is 0 Å². The van der Waals surface area contributed by atoms with Crippen LogP contribution in [0.15, 0.2) is 21.7 Å². The monoisotopic (exact) mass is 317 g/mol. The highest BCUT2D eigenvalue weighted by molar-refractivity contribution is 6.08. The third-order valence-electron chi connectivity index (χ3n) is 4.60. The lowest BCUT2D eigenvalue weighted by Gasteiger charge is -2.35. The molecule has 1 N–H and O–H groups in total. The van der Waals surface area contributed by atoms with Gasteiger partial charge >= 0.3 is 0 Å². The molecule has 1 fully saturated rings. The van der Waals surface area contributed by atoms with E-state index < -0.39 is 5.54 Å². The second-order valence-electron chi connectivity index (χ2n) is 6.82. The van der Waals surface area contributed by atoms with E-state index in [4.69, 9.17) is 4.42 Å². The predicted molar refractivity (Wildman–Crippen MR) is 86.3 cm³/mol. The standard InChI is InChI=1S/C17H23N3O3/c1-11(2)10-14-18-16(22)17(19-14)5-7-20(8-6-17)15(21)13-4-9-23-12(13)3/h4,9,11H,5-8,10H2,1-3H3,(H,18,19,22). The molecule has 0 saturated carbocycles. The Bertz CT molecular complexity index is 652. The number of amidine groups is 1. The van der Waals surface area contributed by atoms with Gasteiger partial charge in [-0.05, 0) is 31.7 Å². The third-order valence-corrected chi connectivity index (χ3v) is 4.60. The molecule has 23 heavy (non-hydrogen) atoms. The molecule has 0 unspecified atom stereocenters. The molecule has 0 radical (unpaired) electrons. The zero-order valence-electron chi connectivity index (χ0n) is 13.9. The van der Waals surface area contributed by atoms with Crippen LogP contribution in [0, 0.1) is 12.8 Å². The van der Waals surface area contributed by atoms with E-state index in [9.17, 15) is 9.59 Å². The van der Waals surface area contributed by atoms with Gasteiger partial charge in [0.2, 0.25) is 0 Å². The first-order valence-corrected chi connectivity index (χ1v) is 8.15. The van der Waals surface area contributed by atoms with Gasteiger partial charge in [0.25, 0.3) is 11.8 Å². The van der Waals surface area contributed by atoms with E-state index in [0.717, 1.165) is 12.3 Å². The zero-order chi connectivity index (χ0) is 16.6. The molecule has 1 spiro atoms. The van der Waals surface area contributed by atoms with Gasteiger partial charge in [-0.2, -0.15) is 0 Å². The molecule has 0 bridgehead atoms. The van der Waals surface area contributed by atoms with Crippen LogP contribution in [0.2, 0.25) is 0 Å². The summed E-state index contributed by atoms with van der Waals surface area (Å²) in [5.74, 6) is 1.83. The van der Waals surface area contributed by atoms with Crippen LogP contribution in [0.3, 0.4) is 0 Å². The average molecular weight is 317 g/mol. The maximum absolute atomic E-state index is 12.5. The fourth-order valence-electron chi connectivity index (χ4n) is 3.26. The van der Waals surface area contributed by atoms with E-state index in [1.807, 2.05) is 0 Å². The Morgan fingerprint density at radius 3 is 2.70 bits per heavy atom. The molecule has 1 aromatic rings. The van der Waals surface area contributed by atoms with Crippen LogP contribution < -0.4 is 5.32 Å². The summed E-state index contributed by atoms with van der Waals surface area (Å²) in [6, 6.07) is 1.70.